The third kappa shape index (κ3) is 2.53. The van der Waals surface area contributed by atoms with Crippen molar-refractivity contribution < 1.29 is 9.13 Å². The van der Waals surface area contributed by atoms with Crippen molar-refractivity contribution in [1.82, 2.24) is 4.98 Å². The summed E-state index contributed by atoms with van der Waals surface area (Å²) in [4.78, 5) is 6.08. The van der Waals surface area contributed by atoms with Gasteiger partial charge in [0.1, 0.15) is 5.01 Å². The Bertz CT molecular complexity index is 872. The average molecular weight is 325 g/mol. The Labute approximate surface area is 138 Å². The fourth-order valence-corrected chi connectivity index (χ4v) is 4.05. The topological polar surface area (TPSA) is 22.1 Å². The van der Waals surface area contributed by atoms with Crippen LogP contribution in [-0.4, -0.2) is 11.6 Å². The molecule has 0 saturated heterocycles. The van der Waals surface area contributed by atoms with Crippen molar-refractivity contribution in [2.24, 2.45) is 0 Å². The third-order valence-corrected chi connectivity index (χ3v) is 5.23. The molecule has 23 heavy (non-hydrogen) atoms. The molecule has 2 aromatic carbocycles. The molecule has 0 radical (unpaired) electrons. The number of ether oxygens (including phenoxy) is 1. The molecule has 1 aliphatic rings. The van der Waals surface area contributed by atoms with Gasteiger partial charge < -0.3 is 4.74 Å². The van der Waals surface area contributed by atoms with Crippen LogP contribution in [0.15, 0.2) is 42.5 Å². The Morgan fingerprint density at radius 2 is 2.04 bits per heavy atom. The fraction of sp³-hybridized carbons (Fsp3) is 0.211. The monoisotopic (exact) mass is 325 g/mol. The molecular formula is C19H16FNOS. The molecule has 4 heteroatoms. The lowest BCUT2D eigenvalue weighted by atomic mass is 9.94. The van der Waals surface area contributed by atoms with Gasteiger partial charge in [0.25, 0.3) is 0 Å². The smallest absolute Gasteiger partial charge is 0.165 e. The molecule has 0 fully saturated rings. The van der Waals surface area contributed by atoms with Crippen LogP contribution in [0.4, 0.5) is 4.39 Å². The molecule has 1 aliphatic carbocycles. The van der Waals surface area contributed by atoms with Gasteiger partial charge in [-0.2, -0.15) is 0 Å². The molecule has 1 heterocycles. The minimum Gasteiger partial charge on any atom is -0.491 e. The van der Waals surface area contributed by atoms with Gasteiger partial charge in [0.05, 0.1) is 12.3 Å². The third-order valence-electron chi connectivity index (χ3n) is 4.07. The highest BCUT2D eigenvalue weighted by Crippen LogP contribution is 2.39. The maximum Gasteiger partial charge on any atom is 0.165 e. The summed E-state index contributed by atoms with van der Waals surface area (Å²) in [6, 6.07) is 13.5. The lowest BCUT2D eigenvalue weighted by molar-refractivity contribution is 0.321. The highest BCUT2D eigenvalue weighted by atomic mass is 32.1. The predicted molar refractivity (Wildman–Crippen MR) is 91.5 cm³/mol. The zero-order valence-corrected chi connectivity index (χ0v) is 13.6. The maximum absolute atomic E-state index is 14.1. The molecule has 0 atom stereocenters. The number of benzene rings is 2. The fourth-order valence-electron chi connectivity index (χ4n) is 2.98. The van der Waals surface area contributed by atoms with E-state index in [9.17, 15) is 4.39 Å². The molecule has 0 saturated carbocycles. The van der Waals surface area contributed by atoms with Crippen molar-refractivity contribution >= 4 is 11.3 Å². The lowest BCUT2D eigenvalue weighted by Gasteiger charge is -2.13. The molecule has 2 nitrogen and oxygen atoms in total. The van der Waals surface area contributed by atoms with Gasteiger partial charge in [-0.25, -0.2) is 9.37 Å². The largest absolute Gasteiger partial charge is 0.491 e. The molecule has 3 aromatic rings. The number of fused-ring (bicyclic) bond motifs is 3. The number of halogens is 1. The summed E-state index contributed by atoms with van der Waals surface area (Å²) in [6.45, 7) is 2.30. The molecule has 0 spiro atoms. The van der Waals surface area contributed by atoms with Crippen molar-refractivity contribution in [2.75, 3.05) is 6.61 Å². The molecule has 4 rings (SSSR count). The number of aromatic nitrogens is 1. The van der Waals surface area contributed by atoms with Crippen LogP contribution in [0.25, 0.3) is 21.8 Å². The van der Waals surface area contributed by atoms with Crippen LogP contribution < -0.4 is 4.74 Å². The predicted octanol–water partition coefficient (Wildman–Crippen LogP) is 5.11. The summed E-state index contributed by atoms with van der Waals surface area (Å²) in [5, 5.41) is 0.869. The molecular weight excluding hydrogens is 309 g/mol. The SMILES string of the molecule is CCOc1ccc(-c2nc3c(s2)CCc2ccccc2-3)cc1F. The van der Waals surface area contributed by atoms with Gasteiger partial charge in [0.2, 0.25) is 0 Å². The molecule has 1 aromatic heterocycles. The minimum atomic E-state index is -0.335. The molecule has 0 N–H and O–H groups in total. The van der Waals surface area contributed by atoms with Crippen LogP contribution in [-0.2, 0) is 12.8 Å². The first-order chi connectivity index (χ1) is 11.3. The number of hydrogen-bond acceptors (Lipinski definition) is 3. The maximum atomic E-state index is 14.1. The van der Waals surface area contributed by atoms with E-state index < -0.39 is 0 Å². The van der Waals surface area contributed by atoms with Gasteiger partial charge in [-0.1, -0.05) is 24.3 Å². The van der Waals surface area contributed by atoms with Crippen LogP contribution in [0.2, 0.25) is 0 Å². The van der Waals surface area contributed by atoms with Crippen molar-refractivity contribution in [3.05, 3.63) is 58.7 Å². The Morgan fingerprint density at radius 1 is 1.17 bits per heavy atom. The van der Waals surface area contributed by atoms with E-state index >= 15 is 0 Å². The highest BCUT2D eigenvalue weighted by Gasteiger charge is 2.21. The summed E-state index contributed by atoms with van der Waals surface area (Å²) in [6.07, 6.45) is 2.05. The first-order valence-corrected chi connectivity index (χ1v) is 8.58. The first kappa shape index (κ1) is 14.4. The first-order valence-electron chi connectivity index (χ1n) is 7.77. The van der Waals surface area contributed by atoms with E-state index in [0.717, 1.165) is 29.1 Å². The Kier molecular flexibility index (Phi) is 3.62. The van der Waals surface area contributed by atoms with Crippen molar-refractivity contribution in [3.8, 4) is 27.6 Å². The van der Waals surface area contributed by atoms with E-state index in [-0.39, 0.29) is 5.82 Å². The van der Waals surface area contributed by atoms with Gasteiger partial charge in [0.15, 0.2) is 11.6 Å². The Balaban J connectivity index is 1.76. The van der Waals surface area contributed by atoms with Gasteiger partial charge in [-0.3, -0.25) is 0 Å². The van der Waals surface area contributed by atoms with Crippen LogP contribution in [0.5, 0.6) is 5.75 Å². The Morgan fingerprint density at radius 3 is 2.87 bits per heavy atom. The number of rotatable bonds is 3. The van der Waals surface area contributed by atoms with Crippen LogP contribution in [0.1, 0.15) is 17.4 Å². The van der Waals surface area contributed by atoms with Crippen molar-refractivity contribution in [3.63, 3.8) is 0 Å². The van der Waals surface area contributed by atoms with Gasteiger partial charge in [-0.15, -0.1) is 11.3 Å². The summed E-state index contributed by atoms with van der Waals surface area (Å²) in [7, 11) is 0. The van der Waals surface area contributed by atoms with E-state index in [4.69, 9.17) is 9.72 Å². The summed E-state index contributed by atoms with van der Waals surface area (Å²) < 4.78 is 19.4. The normalized spacial score (nSPS) is 12.6. The zero-order valence-electron chi connectivity index (χ0n) is 12.8. The number of aryl methyl sites for hydroxylation is 2. The van der Waals surface area contributed by atoms with Gasteiger partial charge in [0, 0.05) is 16.0 Å². The van der Waals surface area contributed by atoms with E-state index in [2.05, 4.69) is 18.2 Å². The highest BCUT2D eigenvalue weighted by molar-refractivity contribution is 7.15. The standard InChI is InChI=1S/C19H16FNOS/c1-2-22-16-9-7-13(11-15(16)20)19-21-18-14-6-4-3-5-12(14)8-10-17(18)23-19/h3-7,9,11H,2,8,10H2,1H3. The van der Waals surface area contributed by atoms with E-state index in [0.29, 0.717) is 12.4 Å². The zero-order chi connectivity index (χ0) is 15.8. The second-order valence-corrected chi connectivity index (χ2v) is 6.61. The van der Waals surface area contributed by atoms with Crippen molar-refractivity contribution in [2.45, 2.75) is 19.8 Å². The average Bonchev–Trinajstić information content (AvgIpc) is 3.01. The van der Waals surface area contributed by atoms with Gasteiger partial charge >= 0.3 is 0 Å². The number of nitrogens with zero attached hydrogens (tertiary/aromatic N) is 1. The molecule has 0 bridgehead atoms. The number of hydrogen-bond donors (Lipinski definition) is 0. The minimum absolute atomic E-state index is 0.294. The lowest BCUT2D eigenvalue weighted by Crippen LogP contribution is -2.01. The molecule has 116 valence electrons. The van der Waals surface area contributed by atoms with E-state index in [1.807, 2.05) is 19.1 Å². The summed E-state index contributed by atoms with van der Waals surface area (Å²) in [5.74, 6) is -0.0409. The van der Waals surface area contributed by atoms with Gasteiger partial charge in [-0.05, 0) is 43.5 Å². The quantitative estimate of drug-likeness (QED) is 0.667. The van der Waals surface area contributed by atoms with Crippen molar-refractivity contribution in [1.29, 1.82) is 0 Å². The summed E-state index contributed by atoms with van der Waals surface area (Å²) >= 11 is 1.66. The van der Waals surface area contributed by atoms with Crippen LogP contribution in [0.3, 0.4) is 0 Å². The van der Waals surface area contributed by atoms with Crippen LogP contribution in [0, 0.1) is 5.82 Å². The molecule has 0 unspecified atom stereocenters. The second kappa shape index (κ2) is 5.78. The molecule has 0 amide bonds. The number of thiazole rings is 1. The van der Waals surface area contributed by atoms with Crippen LogP contribution >= 0.6 is 11.3 Å². The van der Waals surface area contributed by atoms with E-state index in [1.165, 1.54) is 22.1 Å². The Hall–Kier alpha value is -2.20. The molecule has 0 aliphatic heterocycles. The second-order valence-electron chi connectivity index (χ2n) is 5.53. The van der Waals surface area contributed by atoms with E-state index in [1.54, 1.807) is 17.4 Å². The summed E-state index contributed by atoms with van der Waals surface area (Å²) in [5.41, 5.74) is 4.42.